The fraction of sp³-hybridized carbons (Fsp3) is 0.333. The van der Waals surface area contributed by atoms with Gasteiger partial charge in [0.1, 0.15) is 5.82 Å². The van der Waals surface area contributed by atoms with E-state index < -0.39 is 0 Å². The maximum Gasteiger partial charge on any atom is 0.233 e. The first kappa shape index (κ1) is 19.8. The first-order chi connectivity index (χ1) is 13.1. The van der Waals surface area contributed by atoms with Crippen LogP contribution in [0.1, 0.15) is 30.8 Å². The fourth-order valence-electron chi connectivity index (χ4n) is 2.81. The van der Waals surface area contributed by atoms with Gasteiger partial charge in [0.15, 0.2) is 0 Å². The zero-order valence-corrected chi connectivity index (χ0v) is 17.5. The Morgan fingerprint density at radius 3 is 2.63 bits per heavy atom. The van der Waals surface area contributed by atoms with Crippen LogP contribution in [-0.4, -0.2) is 33.1 Å². The molecule has 1 amide bonds. The van der Waals surface area contributed by atoms with Crippen molar-refractivity contribution in [3.63, 3.8) is 0 Å². The summed E-state index contributed by atoms with van der Waals surface area (Å²) < 4.78 is 0. The van der Waals surface area contributed by atoms with Crippen LogP contribution in [-0.2, 0) is 4.79 Å². The smallest absolute Gasteiger partial charge is 0.233 e. The number of carbonyl (C=O) groups is 1. The van der Waals surface area contributed by atoms with E-state index in [1.165, 1.54) is 5.56 Å². The number of nitrogens with one attached hydrogen (secondary N) is 2. The van der Waals surface area contributed by atoms with Crippen molar-refractivity contribution in [2.75, 3.05) is 12.0 Å². The van der Waals surface area contributed by atoms with Crippen molar-refractivity contribution in [1.29, 1.82) is 0 Å². The van der Waals surface area contributed by atoms with E-state index in [0.717, 1.165) is 33.9 Å². The number of hydrogen-bond acceptors (Lipinski definition) is 4. The summed E-state index contributed by atoms with van der Waals surface area (Å²) in [5, 5.41) is 3.02. The predicted octanol–water partition coefficient (Wildman–Crippen LogP) is 4.96. The summed E-state index contributed by atoms with van der Waals surface area (Å²) >= 11 is 3.35. The summed E-state index contributed by atoms with van der Waals surface area (Å²) in [4.78, 5) is 21.9. The van der Waals surface area contributed by atoms with E-state index in [2.05, 4.69) is 52.7 Å². The molecule has 0 bridgehead atoms. The summed E-state index contributed by atoms with van der Waals surface area (Å²) in [7, 11) is 0. The number of fused-ring (bicyclic) bond motifs is 1. The van der Waals surface area contributed by atoms with Gasteiger partial charge >= 0.3 is 0 Å². The Balaban J connectivity index is 1.70. The van der Waals surface area contributed by atoms with Gasteiger partial charge in [-0.3, -0.25) is 4.79 Å². The second-order valence-electron chi connectivity index (χ2n) is 6.55. The largest absolute Gasteiger partial charge is 0.345 e. The lowest BCUT2D eigenvalue weighted by Gasteiger charge is -2.19. The molecule has 1 aromatic heterocycles. The molecule has 0 unspecified atom stereocenters. The van der Waals surface area contributed by atoms with Crippen LogP contribution in [0.5, 0.6) is 0 Å². The van der Waals surface area contributed by atoms with Crippen molar-refractivity contribution < 1.29 is 4.79 Å². The summed E-state index contributed by atoms with van der Waals surface area (Å²) in [6, 6.07) is 16.1. The summed E-state index contributed by atoms with van der Waals surface area (Å²) in [5.41, 5.74) is 3.15. The lowest BCUT2D eigenvalue weighted by atomic mass is 10.2. The first-order valence-electron chi connectivity index (χ1n) is 9.04. The van der Waals surface area contributed by atoms with Gasteiger partial charge in [0, 0.05) is 4.90 Å². The van der Waals surface area contributed by atoms with Crippen LogP contribution in [0, 0.1) is 6.92 Å². The number of aryl methyl sites for hydroxylation is 1. The molecule has 142 valence electrons. The Bertz CT molecular complexity index is 859. The van der Waals surface area contributed by atoms with Crippen LogP contribution in [0.25, 0.3) is 11.0 Å². The van der Waals surface area contributed by atoms with Crippen molar-refractivity contribution in [2.45, 2.75) is 36.5 Å². The molecular formula is C21H25N3OS2. The molecule has 4 nitrogen and oxygen atoms in total. The van der Waals surface area contributed by atoms with Crippen LogP contribution >= 0.6 is 23.5 Å². The minimum absolute atomic E-state index is 0.0344. The number of nitrogens with zero attached hydrogens (tertiary/aromatic N) is 1. The summed E-state index contributed by atoms with van der Waals surface area (Å²) in [5.74, 6) is 1.82. The molecular weight excluding hydrogens is 374 g/mol. The summed E-state index contributed by atoms with van der Waals surface area (Å²) in [6.45, 7) is 4.01. The van der Waals surface area contributed by atoms with Gasteiger partial charge in [0.2, 0.25) is 5.91 Å². The number of aromatic nitrogens is 2. The van der Waals surface area contributed by atoms with Gasteiger partial charge in [-0.15, -0.1) is 11.8 Å². The topological polar surface area (TPSA) is 57.8 Å². The molecule has 2 aromatic carbocycles. The lowest BCUT2D eigenvalue weighted by Crippen LogP contribution is -2.35. The van der Waals surface area contributed by atoms with Gasteiger partial charge in [-0.05, 0) is 56.5 Å². The number of H-pyrrole nitrogens is 1. The summed E-state index contributed by atoms with van der Waals surface area (Å²) in [6.07, 6.45) is 2.92. The molecule has 3 rings (SSSR count). The van der Waals surface area contributed by atoms with E-state index in [0.29, 0.717) is 0 Å². The van der Waals surface area contributed by atoms with Crippen LogP contribution in [0.3, 0.4) is 0 Å². The Kier molecular flexibility index (Phi) is 6.85. The number of thioether (sulfide) groups is 2. The molecule has 1 heterocycles. The monoisotopic (exact) mass is 399 g/mol. The van der Waals surface area contributed by atoms with Crippen LogP contribution in [0.15, 0.2) is 53.4 Å². The van der Waals surface area contributed by atoms with E-state index >= 15 is 0 Å². The number of rotatable bonds is 8. The fourth-order valence-corrected chi connectivity index (χ4v) is 4.16. The minimum atomic E-state index is -0.172. The number of carbonyl (C=O) groups excluding carboxylic acids is 1. The Morgan fingerprint density at radius 1 is 1.19 bits per heavy atom. The van der Waals surface area contributed by atoms with E-state index in [1.54, 1.807) is 23.5 Å². The van der Waals surface area contributed by atoms with Gasteiger partial charge in [0.25, 0.3) is 0 Å². The number of aromatic amines is 1. The Hall–Kier alpha value is -1.92. The predicted molar refractivity (Wildman–Crippen MR) is 116 cm³/mol. The average molecular weight is 400 g/mol. The molecule has 0 radical (unpaired) electrons. The molecule has 0 aliphatic rings. The maximum absolute atomic E-state index is 12.8. The van der Waals surface area contributed by atoms with Crippen molar-refractivity contribution in [1.82, 2.24) is 15.3 Å². The highest BCUT2D eigenvalue weighted by molar-refractivity contribution is 8.00. The third kappa shape index (κ3) is 5.30. The molecule has 2 atom stereocenters. The standard InChI is InChI=1S/C21H25N3OS2/c1-14-8-10-16(11-9-14)27-15(2)21(25)24-19(12-13-26-3)20-22-17-6-4-5-7-18(17)23-20/h4-11,15,19H,12-13H2,1-3H3,(H,22,23)(H,24,25)/t15-,19-/m1/s1. The lowest BCUT2D eigenvalue weighted by molar-refractivity contribution is -0.121. The zero-order chi connectivity index (χ0) is 19.2. The van der Waals surface area contributed by atoms with Gasteiger partial charge in [-0.2, -0.15) is 11.8 Å². The molecule has 0 aliphatic carbocycles. The number of para-hydroxylation sites is 2. The number of amides is 1. The van der Waals surface area contributed by atoms with Gasteiger partial charge in [-0.1, -0.05) is 29.8 Å². The molecule has 3 aromatic rings. The third-order valence-electron chi connectivity index (χ3n) is 4.37. The van der Waals surface area contributed by atoms with Crippen LogP contribution < -0.4 is 5.32 Å². The molecule has 6 heteroatoms. The first-order valence-corrected chi connectivity index (χ1v) is 11.3. The molecule has 0 aliphatic heterocycles. The number of benzene rings is 2. The maximum atomic E-state index is 12.8. The molecule has 2 N–H and O–H groups in total. The molecule has 0 spiro atoms. The van der Waals surface area contributed by atoms with Crippen molar-refractivity contribution >= 4 is 40.5 Å². The SMILES string of the molecule is CSCC[C@@H](NC(=O)[C@@H](C)Sc1ccc(C)cc1)c1nc2ccccc2[nH]1. The zero-order valence-electron chi connectivity index (χ0n) is 15.9. The van der Waals surface area contributed by atoms with E-state index in [1.807, 2.05) is 31.2 Å². The third-order valence-corrected chi connectivity index (χ3v) is 6.12. The van der Waals surface area contributed by atoms with Crippen molar-refractivity contribution in [2.24, 2.45) is 0 Å². The Morgan fingerprint density at radius 2 is 1.93 bits per heavy atom. The Labute approximate surface area is 168 Å². The van der Waals surface area contributed by atoms with E-state index in [-0.39, 0.29) is 17.2 Å². The van der Waals surface area contributed by atoms with Gasteiger partial charge in [-0.25, -0.2) is 4.98 Å². The van der Waals surface area contributed by atoms with Crippen LogP contribution in [0.4, 0.5) is 0 Å². The highest BCUT2D eigenvalue weighted by atomic mass is 32.2. The van der Waals surface area contributed by atoms with E-state index in [4.69, 9.17) is 0 Å². The quantitative estimate of drug-likeness (QED) is 0.526. The average Bonchev–Trinajstić information content (AvgIpc) is 3.10. The molecule has 27 heavy (non-hydrogen) atoms. The normalized spacial score (nSPS) is 13.4. The highest BCUT2D eigenvalue weighted by Gasteiger charge is 2.22. The van der Waals surface area contributed by atoms with Gasteiger partial charge in [0.05, 0.1) is 22.3 Å². The number of hydrogen-bond donors (Lipinski definition) is 2. The molecule has 0 fully saturated rings. The second kappa shape index (κ2) is 9.33. The molecule has 0 saturated carbocycles. The number of imidazole rings is 1. The second-order valence-corrected chi connectivity index (χ2v) is 8.95. The van der Waals surface area contributed by atoms with E-state index in [9.17, 15) is 4.79 Å². The minimum Gasteiger partial charge on any atom is -0.345 e. The van der Waals surface area contributed by atoms with Crippen molar-refractivity contribution in [3.05, 3.63) is 59.9 Å². The molecule has 0 saturated heterocycles. The van der Waals surface area contributed by atoms with Gasteiger partial charge < -0.3 is 10.3 Å². The van der Waals surface area contributed by atoms with Crippen molar-refractivity contribution in [3.8, 4) is 0 Å². The van der Waals surface area contributed by atoms with Crippen LogP contribution in [0.2, 0.25) is 0 Å². The highest BCUT2D eigenvalue weighted by Crippen LogP contribution is 2.25.